The zero-order chi connectivity index (χ0) is 12.1. The van der Waals surface area contributed by atoms with Gasteiger partial charge in [0, 0.05) is 24.5 Å². The quantitative estimate of drug-likeness (QED) is 0.833. The zero-order valence-corrected chi connectivity index (χ0v) is 9.24. The number of H-pyrrole nitrogens is 1. The van der Waals surface area contributed by atoms with E-state index in [0.29, 0.717) is 12.1 Å². The molecule has 1 aromatic heterocycles. The molecule has 0 saturated heterocycles. The molecule has 2 N–H and O–H groups in total. The van der Waals surface area contributed by atoms with Crippen molar-refractivity contribution in [3.05, 3.63) is 59.7 Å². The lowest BCUT2D eigenvalue weighted by atomic mass is 10.2. The number of carbonyl (C=O) groups excluding carboxylic acids is 1. The van der Waals surface area contributed by atoms with Crippen LogP contribution in [-0.4, -0.2) is 17.4 Å². The number of hydrogen-bond donors (Lipinski definition) is 2. The normalized spacial score (nSPS) is 10.2. The molecule has 3 nitrogen and oxygen atoms in total. The van der Waals surface area contributed by atoms with Gasteiger partial charge in [-0.2, -0.15) is 0 Å². The lowest BCUT2D eigenvalue weighted by Gasteiger charge is -2.04. The van der Waals surface area contributed by atoms with E-state index < -0.39 is 0 Å². The molecular weight excluding hydrogens is 219 g/mol. The number of aromatic amines is 1. The van der Waals surface area contributed by atoms with Gasteiger partial charge in [-0.1, -0.05) is 0 Å². The van der Waals surface area contributed by atoms with Crippen LogP contribution in [0.2, 0.25) is 0 Å². The predicted octanol–water partition coefficient (Wildman–Crippen LogP) is 2.13. The average molecular weight is 232 g/mol. The second-order valence-corrected chi connectivity index (χ2v) is 3.73. The van der Waals surface area contributed by atoms with Crippen molar-refractivity contribution >= 4 is 5.91 Å². The molecule has 88 valence electrons. The van der Waals surface area contributed by atoms with Crippen molar-refractivity contribution in [1.29, 1.82) is 0 Å². The van der Waals surface area contributed by atoms with Crippen LogP contribution >= 0.6 is 0 Å². The molecule has 1 amide bonds. The lowest BCUT2D eigenvalue weighted by molar-refractivity contribution is 0.0954. The molecule has 0 bridgehead atoms. The van der Waals surface area contributed by atoms with Gasteiger partial charge < -0.3 is 10.3 Å². The number of rotatable bonds is 4. The van der Waals surface area contributed by atoms with Crippen molar-refractivity contribution in [3.8, 4) is 0 Å². The Morgan fingerprint density at radius 2 is 2.00 bits per heavy atom. The van der Waals surface area contributed by atoms with Crippen molar-refractivity contribution < 1.29 is 9.18 Å². The number of halogens is 1. The van der Waals surface area contributed by atoms with Crippen LogP contribution in [0.25, 0.3) is 0 Å². The number of hydrogen-bond acceptors (Lipinski definition) is 1. The third-order valence-corrected chi connectivity index (χ3v) is 2.47. The molecule has 0 aliphatic carbocycles. The van der Waals surface area contributed by atoms with E-state index in [1.807, 2.05) is 18.5 Å². The summed E-state index contributed by atoms with van der Waals surface area (Å²) in [6.07, 6.45) is 4.51. The number of benzene rings is 1. The standard InChI is InChI=1S/C13H13FN2O/c14-12-3-1-11(2-4-12)13(17)16-8-6-10-5-7-15-9-10/h1-5,7,9,15H,6,8H2,(H,16,17). The highest BCUT2D eigenvalue weighted by Crippen LogP contribution is 2.02. The van der Waals surface area contributed by atoms with E-state index in [0.717, 1.165) is 12.0 Å². The highest BCUT2D eigenvalue weighted by molar-refractivity contribution is 5.94. The Morgan fingerprint density at radius 1 is 1.24 bits per heavy atom. The number of amides is 1. The summed E-state index contributed by atoms with van der Waals surface area (Å²) in [4.78, 5) is 14.6. The molecule has 0 radical (unpaired) electrons. The molecule has 1 heterocycles. The summed E-state index contributed by atoms with van der Waals surface area (Å²) < 4.78 is 12.7. The van der Waals surface area contributed by atoms with Crippen LogP contribution in [-0.2, 0) is 6.42 Å². The fourth-order valence-corrected chi connectivity index (χ4v) is 1.54. The molecule has 0 saturated carbocycles. The van der Waals surface area contributed by atoms with Crippen molar-refractivity contribution in [2.45, 2.75) is 6.42 Å². The van der Waals surface area contributed by atoms with Crippen LogP contribution in [0.4, 0.5) is 4.39 Å². The SMILES string of the molecule is O=C(NCCc1cc[nH]c1)c1ccc(F)cc1. The fourth-order valence-electron chi connectivity index (χ4n) is 1.54. The van der Waals surface area contributed by atoms with Crippen molar-refractivity contribution in [3.63, 3.8) is 0 Å². The Balaban J connectivity index is 1.83. The Kier molecular flexibility index (Phi) is 3.55. The molecule has 0 aliphatic heterocycles. The van der Waals surface area contributed by atoms with Crippen LogP contribution in [0, 0.1) is 5.82 Å². The monoisotopic (exact) mass is 232 g/mol. The third kappa shape index (κ3) is 3.17. The molecule has 0 unspecified atom stereocenters. The van der Waals surface area contributed by atoms with E-state index in [1.54, 1.807) is 0 Å². The minimum Gasteiger partial charge on any atom is -0.367 e. The first-order chi connectivity index (χ1) is 8.25. The first-order valence-electron chi connectivity index (χ1n) is 5.41. The van der Waals surface area contributed by atoms with Gasteiger partial charge in [-0.05, 0) is 42.3 Å². The van der Waals surface area contributed by atoms with Crippen LogP contribution < -0.4 is 5.32 Å². The maximum absolute atomic E-state index is 12.7. The van der Waals surface area contributed by atoms with E-state index >= 15 is 0 Å². The highest BCUT2D eigenvalue weighted by atomic mass is 19.1. The first kappa shape index (κ1) is 11.4. The number of carbonyl (C=O) groups is 1. The molecule has 2 aromatic rings. The number of nitrogens with one attached hydrogen (secondary N) is 2. The minimum atomic E-state index is -0.339. The summed E-state index contributed by atoms with van der Waals surface area (Å²) in [7, 11) is 0. The zero-order valence-electron chi connectivity index (χ0n) is 9.24. The van der Waals surface area contributed by atoms with Gasteiger partial charge in [-0.25, -0.2) is 4.39 Å². The van der Waals surface area contributed by atoms with Gasteiger partial charge >= 0.3 is 0 Å². The van der Waals surface area contributed by atoms with Gasteiger partial charge in [0.05, 0.1) is 0 Å². The molecule has 1 aromatic carbocycles. The van der Waals surface area contributed by atoms with Gasteiger partial charge in [0.25, 0.3) is 5.91 Å². The highest BCUT2D eigenvalue weighted by Gasteiger charge is 2.04. The summed E-state index contributed by atoms with van der Waals surface area (Å²) in [5.74, 6) is -0.519. The molecule has 2 rings (SSSR count). The maximum Gasteiger partial charge on any atom is 0.251 e. The van der Waals surface area contributed by atoms with Crippen molar-refractivity contribution in [1.82, 2.24) is 10.3 Å². The van der Waals surface area contributed by atoms with Crippen LogP contribution in [0.1, 0.15) is 15.9 Å². The summed E-state index contributed by atoms with van der Waals surface area (Å²) in [5, 5.41) is 2.78. The second kappa shape index (κ2) is 5.30. The molecule has 0 fully saturated rings. The van der Waals surface area contributed by atoms with Gasteiger partial charge in [-0.3, -0.25) is 4.79 Å². The van der Waals surface area contributed by atoms with E-state index in [1.165, 1.54) is 24.3 Å². The topological polar surface area (TPSA) is 44.9 Å². The van der Waals surface area contributed by atoms with Gasteiger partial charge in [0.15, 0.2) is 0 Å². The van der Waals surface area contributed by atoms with E-state index in [2.05, 4.69) is 10.3 Å². The van der Waals surface area contributed by atoms with Crippen LogP contribution in [0.5, 0.6) is 0 Å². The Morgan fingerprint density at radius 3 is 2.65 bits per heavy atom. The van der Waals surface area contributed by atoms with Crippen LogP contribution in [0.15, 0.2) is 42.7 Å². The number of aromatic nitrogens is 1. The van der Waals surface area contributed by atoms with Gasteiger partial charge in [0.1, 0.15) is 5.82 Å². The maximum atomic E-state index is 12.7. The van der Waals surface area contributed by atoms with Crippen molar-refractivity contribution in [2.75, 3.05) is 6.54 Å². The predicted molar refractivity (Wildman–Crippen MR) is 63.2 cm³/mol. The molecule has 17 heavy (non-hydrogen) atoms. The van der Waals surface area contributed by atoms with E-state index in [4.69, 9.17) is 0 Å². The fraction of sp³-hybridized carbons (Fsp3) is 0.154. The second-order valence-electron chi connectivity index (χ2n) is 3.73. The van der Waals surface area contributed by atoms with Gasteiger partial charge in [-0.15, -0.1) is 0 Å². The largest absolute Gasteiger partial charge is 0.367 e. The van der Waals surface area contributed by atoms with E-state index in [9.17, 15) is 9.18 Å². The summed E-state index contributed by atoms with van der Waals surface area (Å²) >= 11 is 0. The first-order valence-corrected chi connectivity index (χ1v) is 5.41. The summed E-state index contributed by atoms with van der Waals surface area (Å²) in [5.41, 5.74) is 1.62. The Labute approximate surface area is 98.7 Å². The van der Waals surface area contributed by atoms with E-state index in [-0.39, 0.29) is 11.7 Å². The average Bonchev–Trinajstić information content (AvgIpc) is 2.83. The molecular formula is C13H13FN2O. The summed E-state index contributed by atoms with van der Waals surface area (Å²) in [6.45, 7) is 0.564. The van der Waals surface area contributed by atoms with Crippen molar-refractivity contribution in [2.24, 2.45) is 0 Å². The molecule has 0 aliphatic rings. The Hall–Kier alpha value is -2.10. The van der Waals surface area contributed by atoms with Crippen LogP contribution in [0.3, 0.4) is 0 Å². The Bertz CT molecular complexity index is 477. The molecule has 0 atom stereocenters. The summed E-state index contributed by atoms with van der Waals surface area (Å²) in [6, 6.07) is 7.47. The molecule has 4 heteroatoms. The third-order valence-electron chi connectivity index (χ3n) is 2.47. The minimum absolute atomic E-state index is 0.180. The van der Waals surface area contributed by atoms with Gasteiger partial charge in [0.2, 0.25) is 0 Å². The molecule has 0 spiro atoms. The lowest BCUT2D eigenvalue weighted by Crippen LogP contribution is -2.25. The smallest absolute Gasteiger partial charge is 0.251 e.